The number of aliphatic carboxylic acids is 1. The summed E-state index contributed by atoms with van der Waals surface area (Å²) >= 11 is 0. The summed E-state index contributed by atoms with van der Waals surface area (Å²) in [5.41, 5.74) is 2.09. The predicted octanol–water partition coefficient (Wildman–Crippen LogP) is 5.60. The molecule has 174 valence electrons. The van der Waals surface area contributed by atoms with Gasteiger partial charge in [0.2, 0.25) is 0 Å². The molecule has 2 rings (SSSR count). The first-order chi connectivity index (χ1) is 15.6. The van der Waals surface area contributed by atoms with Crippen LogP contribution in [-0.4, -0.2) is 38.0 Å². The molecule has 32 heavy (non-hydrogen) atoms. The van der Waals surface area contributed by atoms with E-state index in [0.717, 1.165) is 42.2 Å². The van der Waals surface area contributed by atoms with E-state index in [1.807, 2.05) is 49.4 Å². The highest BCUT2D eigenvalue weighted by atomic mass is 16.5. The van der Waals surface area contributed by atoms with Gasteiger partial charge in [-0.15, -0.1) is 0 Å². The zero-order chi connectivity index (χ0) is 23.2. The Labute approximate surface area is 190 Å². The topological polar surface area (TPSA) is 74.2 Å². The fourth-order valence-corrected chi connectivity index (χ4v) is 3.15. The van der Waals surface area contributed by atoms with Crippen molar-refractivity contribution in [3.05, 3.63) is 65.7 Å². The van der Waals surface area contributed by atoms with E-state index in [2.05, 4.69) is 6.92 Å². The van der Waals surface area contributed by atoms with Crippen molar-refractivity contribution in [3.63, 3.8) is 0 Å². The normalized spacial score (nSPS) is 12.0. The van der Waals surface area contributed by atoms with Gasteiger partial charge in [-0.2, -0.15) is 0 Å². The van der Waals surface area contributed by atoms with Gasteiger partial charge in [-0.3, -0.25) is 0 Å². The van der Waals surface area contributed by atoms with Crippen LogP contribution in [0, 0.1) is 0 Å². The molecule has 0 bridgehead atoms. The molecular weight excluding hydrogens is 408 g/mol. The standard InChI is InChI=1S/C26H34O6/c1-4-6-17-31-25-19-21(23(30-5-2)8-7-9-26(27)28)12-15-24(25)32-18-16-20-10-13-22(29-3)14-11-20/h7,9-15,19,23H,4-6,8,16-18H2,1-3H3,(H,27,28). The summed E-state index contributed by atoms with van der Waals surface area (Å²) in [4.78, 5) is 10.8. The van der Waals surface area contributed by atoms with Crippen molar-refractivity contribution in [2.45, 2.75) is 45.6 Å². The third-order valence-electron chi connectivity index (χ3n) is 4.88. The molecule has 0 aliphatic rings. The highest BCUT2D eigenvalue weighted by Gasteiger charge is 2.15. The summed E-state index contributed by atoms with van der Waals surface area (Å²) in [5.74, 6) is 1.23. The van der Waals surface area contributed by atoms with Crippen molar-refractivity contribution in [1.82, 2.24) is 0 Å². The average Bonchev–Trinajstić information content (AvgIpc) is 2.79. The average molecular weight is 443 g/mol. The van der Waals surface area contributed by atoms with Gasteiger partial charge in [-0.1, -0.05) is 37.6 Å². The molecule has 0 radical (unpaired) electrons. The summed E-state index contributed by atoms with van der Waals surface area (Å²) in [7, 11) is 1.65. The molecule has 6 nitrogen and oxygen atoms in total. The van der Waals surface area contributed by atoms with Crippen LogP contribution in [0.3, 0.4) is 0 Å². The SMILES string of the molecule is CCCCOc1cc(C(CC=CC(=O)O)OCC)ccc1OCCc1ccc(OC)cc1. The summed E-state index contributed by atoms with van der Waals surface area (Å²) in [5, 5.41) is 8.85. The molecule has 0 fully saturated rings. The number of carbonyl (C=O) groups is 1. The van der Waals surface area contributed by atoms with Crippen LogP contribution in [0.1, 0.15) is 50.3 Å². The lowest BCUT2D eigenvalue weighted by atomic mass is 10.1. The van der Waals surface area contributed by atoms with E-state index in [1.165, 1.54) is 0 Å². The van der Waals surface area contributed by atoms with E-state index in [9.17, 15) is 4.79 Å². The zero-order valence-electron chi connectivity index (χ0n) is 19.2. The second kappa shape index (κ2) is 14.1. The second-order valence-electron chi connectivity index (χ2n) is 7.28. The van der Waals surface area contributed by atoms with Gasteiger partial charge in [0.25, 0.3) is 0 Å². The number of carboxylic acids is 1. The molecule has 1 unspecified atom stereocenters. The molecule has 0 aromatic heterocycles. The monoisotopic (exact) mass is 442 g/mol. The smallest absolute Gasteiger partial charge is 0.327 e. The summed E-state index contributed by atoms with van der Waals surface area (Å²) in [6.07, 6.45) is 5.72. The van der Waals surface area contributed by atoms with Crippen molar-refractivity contribution in [3.8, 4) is 17.2 Å². The number of methoxy groups -OCH3 is 1. The maximum absolute atomic E-state index is 10.8. The van der Waals surface area contributed by atoms with Gasteiger partial charge in [0, 0.05) is 19.1 Å². The second-order valence-corrected chi connectivity index (χ2v) is 7.28. The van der Waals surface area contributed by atoms with E-state index in [0.29, 0.717) is 37.7 Å². The Balaban J connectivity index is 2.11. The largest absolute Gasteiger partial charge is 0.497 e. The molecule has 0 amide bonds. The number of benzene rings is 2. The molecule has 6 heteroatoms. The Morgan fingerprint density at radius 3 is 2.44 bits per heavy atom. The van der Waals surface area contributed by atoms with Gasteiger partial charge in [-0.25, -0.2) is 4.79 Å². The maximum atomic E-state index is 10.8. The van der Waals surface area contributed by atoms with E-state index >= 15 is 0 Å². The van der Waals surface area contributed by atoms with Crippen LogP contribution in [0.5, 0.6) is 17.2 Å². The molecular formula is C26H34O6. The maximum Gasteiger partial charge on any atom is 0.327 e. The van der Waals surface area contributed by atoms with Crippen LogP contribution in [0.4, 0.5) is 0 Å². The van der Waals surface area contributed by atoms with Crippen molar-refractivity contribution in [2.75, 3.05) is 26.9 Å². The number of unbranched alkanes of at least 4 members (excludes halogenated alkanes) is 1. The van der Waals surface area contributed by atoms with Crippen molar-refractivity contribution < 1.29 is 28.8 Å². The molecule has 0 aliphatic heterocycles. The van der Waals surface area contributed by atoms with Crippen LogP contribution < -0.4 is 14.2 Å². The van der Waals surface area contributed by atoms with E-state index < -0.39 is 5.97 Å². The van der Waals surface area contributed by atoms with Gasteiger partial charge < -0.3 is 24.1 Å². The number of carboxylic acid groups (broad SMARTS) is 1. The minimum Gasteiger partial charge on any atom is -0.497 e. The van der Waals surface area contributed by atoms with Gasteiger partial charge in [0.05, 0.1) is 26.4 Å². The first-order valence-electron chi connectivity index (χ1n) is 11.1. The van der Waals surface area contributed by atoms with E-state index in [1.54, 1.807) is 13.2 Å². The molecule has 0 saturated heterocycles. The van der Waals surface area contributed by atoms with Crippen molar-refractivity contribution in [2.24, 2.45) is 0 Å². The van der Waals surface area contributed by atoms with Gasteiger partial charge in [0.1, 0.15) is 5.75 Å². The number of rotatable bonds is 15. The lowest BCUT2D eigenvalue weighted by Crippen LogP contribution is -2.07. The van der Waals surface area contributed by atoms with Crippen molar-refractivity contribution >= 4 is 5.97 Å². The fourth-order valence-electron chi connectivity index (χ4n) is 3.15. The molecule has 2 aromatic carbocycles. The van der Waals surface area contributed by atoms with Crippen LogP contribution in [0.15, 0.2) is 54.6 Å². The third kappa shape index (κ3) is 8.63. The molecule has 2 aromatic rings. The molecule has 0 spiro atoms. The summed E-state index contributed by atoms with van der Waals surface area (Å²) in [6, 6.07) is 13.7. The molecule has 0 aliphatic carbocycles. The Morgan fingerprint density at radius 1 is 1.03 bits per heavy atom. The van der Waals surface area contributed by atoms with E-state index in [4.69, 9.17) is 24.1 Å². The number of hydrogen-bond donors (Lipinski definition) is 1. The fraction of sp³-hybridized carbons (Fsp3) is 0.423. The van der Waals surface area contributed by atoms with Crippen LogP contribution in [0.25, 0.3) is 0 Å². The Kier molecular flexibility index (Phi) is 11.2. The number of ether oxygens (including phenoxy) is 4. The first-order valence-corrected chi connectivity index (χ1v) is 11.1. The van der Waals surface area contributed by atoms with Crippen LogP contribution in [0.2, 0.25) is 0 Å². The minimum absolute atomic E-state index is 0.252. The Morgan fingerprint density at radius 2 is 1.78 bits per heavy atom. The zero-order valence-corrected chi connectivity index (χ0v) is 19.2. The Hall–Kier alpha value is -2.99. The lowest BCUT2D eigenvalue weighted by molar-refractivity contribution is -0.131. The predicted molar refractivity (Wildman–Crippen MR) is 125 cm³/mol. The summed E-state index contributed by atoms with van der Waals surface area (Å²) < 4.78 is 23.1. The van der Waals surface area contributed by atoms with Gasteiger partial charge in [0.15, 0.2) is 11.5 Å². The first kappa shape index (κ1) is 25.3. The molecule has 0 heterocycles. The highest BCUT2D eigenvalue weighted by Crippen LogP contribution is 2.33. The molecule has 0 saturated carbocycles. The quantitative estimate of drug-likeness (QED) is 0.286. The lowest BCUT2D eigenvalue weighted by Gasteiger charge is -2.19. The van der Waals surface area contributed by atoms with Gasteiger partial charge in [-0.05, 0) is 55.2 Å². The highest BCUT2D eigenvalue weighted by molar-refractivity contribution is 5.79. The van der Waals surface area contributed by atoms with E-state index in [-0.39, 0.29) is 6.10 Å². The number of hydrogen-bond acceptors (Lipinski definition) is 5. The van der Waals surface area contributed by atoms with Crippen LogP contribution >= 0.6 is 0 Å². The van der Waals surface area contributed by atoms with Crippen molar-refractivity contribution in [1.29, 1.82) is 0 Å². The molecule has 1 atom stereocenters. The van der Waals surface area contributed by atoms with Crippen LogP contribution in [-0.2, 0) is 16.0 Å². The molecule has 1 N–H and O–H groups in total. The third-order valence-corrected chi connectivity index (χ3v) is 4.88. The minimum atomic E-state index is -0.968. The Bertz CT molecular complexity index is 844. The van der Waals surface area contributed by atoms with Gasteiger partial charge >= 0.3 is 5.97 Å². The summed E-state index contributed by atoms with van der Waals surface area (Å²) in [6.45, 7) is 5.69.